The van der Waals surface area contributed by atoms with E-state index in [1.807, 2.05) is 18.2 Å². The van der Waals surface area contributed by atoms with Gasteiger partial charge in [-0.1, -0.05) is 28.1 Å². The molecule has 0 spiro atoms. The van der Waals surface area contributed by atoms with Gasteiger partial charge in [0.1, 0.15) is 5.76 Å². The second-order valence-corrected chi connectivity index (χ2v) is 4.05. The van der Waals surface area contributed by atoms with Crippen LogP contribution in [0.15, 0.2) is 57.6 Å². The van der Waals surface area contributed by atoms with Gasteiger partial charge in [-0.25, -0.2) is 0 Å². The molecule has 1 aromatic heterocycles. The summed E-state index contributed by atoms with van der Waals surface area (Å²) in [5.41, 5.74) is 0.644. The first-order valence-corrected chi connectivity index (χ1v) is 5.57. The Kier molecular flexibility index (Phi) is 3.37. The van der Waals surface area contributed by atoms with Crippen molar-refractivity contribution in [2.75, 3.05) is 0 Å². The lowest BCUT2D eigenvalue weighted by Gasteiger charge is -1.97. The molecule has 0 aliphatic rings. The summed E-state index contributed by atoms with van der Waals surface area (Å²) in [4.78, 5) is 11.8. The number of carbonyl (C=O) groups excluding carboxylic acids is 1. The van der Waals surface area contributed by atoms with Crippen molar-refractivity contribution in [3.8, 4) is 0 Å². The summed E-state index contributed by atoms with van der Waals surface area (Å²) in [7, 11) is 0. The minimum Gasteiger partial charge on any atom is -0.465 e. The van der Waals surface area contributed by atoms with Gasteiger partial charge < -0.3 is 4.42 Å². The highest BCUT2D eigenvalue weighted by atomic mass is 79.9. The van der Waals surface area contributed by atoms with E-state index in [2.05, 4.69) is 15.9 Å². The normalized spacial score (nSPS) is 10.8. The van der Waals surface area contributed by atoms with Crippen LogP contribution in [-0.2, 0) is 0 Å². The van der Waals surface area contributed by atoms with E-state index in [9.17, 15) is 4.79 Å². The molecular formula is C13H9BrO2. The van der Waals surface area contributed by atoms with Crippen molar-refractivity contribution in [3.05, 3.63) is 64.5 Å². The van der Waals surface area contributed by atoms with Crippen molar-refractivity contribution < 1.29 is 9.21 Å². The van der Waals surface area contributed by atoms with Crippen molar-refractivity contribution in [1.29, 1.82) is 0 Å². The van der Waals surface area contributed by atoms with Crippen LogP contribution in [-0.4, -0.2) is 5.78 Å². The van der Waals surface area contributed by atoms with Crippen molar-refractivity contribution in [2.45, 2.75) is 0 Å². The third-order valence-electron chi connectivity index (χ3n) is 2.08. The number of halogens is 1. The molecule has 2 rings (SSSR count). The topological polar surface area (TPSA) is 30.2 Å². The van der Waals surface area contributed by atoms with Crippen LogP contribution in [0.3, 0.4) is 0 Å². The van der Waals surface area contributed by atoms with Gasteiger partial charge in [0.15, 0.2) is 5.78 Å². The summed E-state index contributed by atoms with van der Waals surface area (Å²) < 4.78 is 5.89. The van der Waals surface area contributed by atoms with E-state index >= 15 is 0 Å². The molecule has 2 nitrogen and oxygen atoms in total. The quantitative estimate of drug-likeness (QED) is 0.628. The first-order valence-electron chi connectivity index (χ1n) is 4.78. The van der Waals surface area contributed by atoms with Gasteiger partial charge >= 0.3 is 0 Å². The third kappa shape index (κ3) is 2.49. The van der Waals surface area contributed by atoms with Gasteiger partial charge in [0.05, 0.1) is 6.26 Å². The van der Waals surface area contributed by atoms with Gasteiger partial charge in [-0.15, -0.1) is 0 Å². The molecule has 2 aromatic rings. The zero-order valence-electron chi connectivity index (χ0n) is 8.39. The molecule has 16 heavy (non-hydrogen) atoms. The highest BCUT2D eigenvalue weighted by Crippen LogP contribution is 2.17. The Morgan fingerprint density at radius 3 is 2.69 bits per heavy atom. The molecular weight excluding hydrogens is 268 g/mol. The fraction of sp³-hybridized carbons (Fsp3) is 0. The molecule has 0 unspecified atom stereocenters. The van der Waals surface area contributed by atoms with E-state index in [1.165, 1.54) is 6.08 Å². The molecule has 0 radical (unpaired) electrons. The molecule has 0 fully saturated rings. The number of rotatable bonds is 3. The number of carbonyl (C=O) groups is 1. The fourth-order valence-electron chi connectivity index (χ4n) is 1.29. The minimum absolute atomic E-state index is 0.0520. The van der Waals surface area contributed by atoms with Crippen LogP contribution in [0, 0.1) is 0 Å². The molecule has 1 heterocycles. The summed E-state index contributed by atoms with van der Waals surface area (Å²) in [5, 5.41) is 0. The Morgan fingerprint density at radius 1 is 1.19 bits per heavy atom. The van der Waals surface area contributed by atoms with Gasteiger partial charge in [-0.2, -0.15) is 0 Å². The van der Waals surface area contributed by atoms with Crippen molar-refractivity contribution in [1.82, 2.24) is 0 Å². The van der Waals surface area contributed by atoms with E-state index in [4.69, 9.17) is 4.42 Å². The first kappa shape index (κ1) is 10.9. The van der Waals surface area contributed by atoms with Gasteiger partial charge in [0.25, 0.3) is 0 Å². The number of furan rings is 1. The zero-order valence-corrected chi connectivity index (χ0v) is 9.98. The first-order chi connectivity index (χ1) is 7.77. The minimum atomic E-state index is -0.0520. The molecule has 1 aromatic carbocycles. The summed E-state index contributed by atoms with van der Waals surface area (Å²) in [6, 6.07) is 10.9. The maximum atomic E-state index is 11.8. The van der Waals surface area contributed by atoms with Crippen LogP contribution < -0.4 is 0 Å². The zero-order chi connectivity index (χ0) is 11.4. The monoisotopic (exact) mass is 276 g/mol. The van der Waals surface area contributed by atoms with E-state index in [0.29, 0.717) is 11.3 Å². The Bertz CT molecular complexity index is 512. The fourth-order valence-corrected chi connectivity index (χ4v) is 1.77. The van der Waals surface area contributed by atoms with Gasteiger partial charge in [-0.3, -0.25) is 4.79 Å². The maximum Gasteiger partial charge on any atom is 0.187 e. The van der Waals surface area contributed by atoms with Gasteiger partial charge in [-0.05, 0) is 36.4 Å². The highest BCUT2D eigenvalue weighted by Gasteiger charge is 2.05. The molecule has 80 valence electrons. The van der Waals surface area contributed by atoms with Crippen LogP contribution in [0.25, 0.3) is 6.08 Å². The number of benzene rings is 1. The Labute approximate surface area is 102 Å². The molecule has 0 atom stereocenters. The third-order valence-corrected chi connectivity index (χ3v) is 2.77. The largest absolute Gasteiger partial charge is 0.465 e. The van der Waals surface area contributed by atoms with Crippen LogP contribution in [0.5, 0.6) is 0 Å². The van der Waals surface area contributed by atoms with Crippen LogP contribution in [0.1, 0.15) is 16.1 Å². The lowest BCUT2D eigenvalue weighted by molar-refractivity contribution is 0.104. The molecule has 0 N–H and O–H groups in total. The predicted molar refractivity (Wildman–Crippen MR) is 66.2 cm³/mol. The molecule has 0 bridgehead atoms. The SMILES string of the molecule is O=C(/C=C/c1ccco1)c1ccccc1Br. The molecule has 0 amide bonds. The van der Waals surface area contributed by atoms with Crippen LogP contribution in [0.2, 0.25) is 0 Å². The second kappa shape index (κ2) is 4.94. The average molecular weight is 277 g/mol. The Balaban J connectivity index is 2.18. The number of hydrogen-bond acceptors (Lipinski definition) is 2. The molecule has 0 saturated carbocycles. The van der Waals surface area contributed by atoms with E-state index < -0.39 is 0 Å². The maximum absolute atomic E-state index is 11.8. The van der Waals surface area contributed by atoms with Crippen molar-refractivity contribution >= 4 is 27.8 Å². The summed E-state index contributed by atoms with van der Waals surface area (Å²) >= 11 is 3.34. The Hall–Kier alpha value is -1.61. The predicted octanol–water partition coefficient (Wildman–Crippen LogP) is 3.94. The standard InChI is InChI=1S/C13H9BrO2/c14-12-6-2-1-5-11(12)13(15)8-7-10-4-3-9-16-10/h1-9H/b8-7+. The summed E-state index contributed by atoms with van der Waals surface area (Å²) in [6.07, 6.45) is 4.73. The summed E-state index contributed by atoms with van der Waals surface area (Å²) in [5.74, 6) is 0.615. The molecule has 3 heteroatoms. The highest BCUT2D eigenvalue weighted by molar-refractivity contribution is 9.10. The molecule has 0 saturated heterocycles. The smallest absolute Gasteiger partial charge is 0.187 e. The van der Waals surface area contributed by atoms with Crippen LogP contribution >= 0.6 is 15.9 Å². The second-order valence-electron chi connectivity index (χ2n) is 3.19. The number of allylic oxidation sites excluding steroid dienone is 1. The van der Waals surface area contributed by atoms with Gasteiger partial charge in [0.2, 0.25) is 0 Å². The van der Waals surface area contributed by atoms with E-state index in [0.717, 1.165) is 4.47 Å². The average Bonchev–Trinajstić information content (AvgIpc) is 2.79. The van der Waals surface area contributed by atoms with Crippen molar-refractivity contribution in [2.24, 2.45) is 0 Å². The van der Waals surface area contributed by atoms with Crippen LogP contribution in [0.4, 0.5) is 0 Å². The van der Waals surface area contributed by atoms with Gasteiger partial charge in [0, 0.05) is 10.0 Å². The van der Waals surface area contributed by atoms with Crippen molar-refractivity contribution in [3.63, 3.8) is 0 Å². The molecule has 0 aliphatic heterocycles. The van der Waals surface area contributed by atoms with E-state index in [-0.39, 0.29) is 5.78 Å². The van der Waals surface area contributed by atoms with E-state index in [1.54, 1.807) is 30.5 Å². The molecule has 0 aliphatic carbocycles. The summed E-state index contributed by atoms with van der Waals surface area (Å²) in [6.45, 7) is 0. The lowest BCUT2D eigenvalue weighted by atomic mass is 10.1. The Morgan fingerprint density at radius 2 is 2.00 bits per heavy atom. The lowest BCUT2D eigenvalue weighted by Crippen LogP contribution is -1.94. The number of hydrogen-bond donors (Lipinski definition) is 0. The number of ketones is 1.